The molecule has 0 spiro atoms. The van der Waals surface area contributed by atoms with Gasteiger partial charge in [-0.1, -0.05) is 11.2 Å². The first-order valence-electron chi connectivity index (χ1n) is 8.82. The molecule has 4 rings (SSSR count). The molecular formula is C18H21BrN4OS2. The lowest BCUT2D eigenvalue weighted by atomic mass is 10.2. The standard InChI is InChI=1S/C18H21BrN4OS2/c19-16-6-5-14(26-16)13-23-10-8-22(9-11-23)7-1-4-17-20-18(21-24-17)15-3-2-12-25-15/h2-3,5-6,12H,1,4,7-11,13H2. The quantitative estimate of drug-likeness (QED) is 0.532. The van der Waals surface area contributed by atoms with Crippen molar-refractivity contribution in [3.63, 3.8) is 0 Å². The molecule has 1 saturated heterocycles. The van der Waals surface area contributed by atoms with Gasteiger partial charge in [-0.05, 0) is 52.5 Å². The summed E-state index contributed by atoms with van der Waals surface area (Å²) in [7, 11) is 0. The van der Waals surface area contributed by atoms with E-state index < -0.39 is 0 Å². The predicted octanol–water partition coefficient (Wildman–Crippen LogP) is 4.37. The predicted molar refractivity (Wildman–Crippen MR) is 110 cm³/mol. The Kier molecular flexibility index (Phi) is 6.16. The van der Waals surface area contributed by atoms with Gasteiger partial charge < -0.3 is 9.42 Å². The van der Waals surface area contributed by atoms with Crippen molar-refractivity contribution in [2.45, 2.75) is 19.4 Å². The Morgan fingerprint density at radius 3 is 2.69 bits per heavy atom. The summed E-state index contributed by atoms with van der Waals surface area (Å²) in [6, 6.07) is 8.38. The zero-order valence-corrected chi connectivity index (χ0v) is 17.7. The number of rotatable bonds is 7. The van der Waals surface area contributed by atoms with Gasteiger partial charge in [-0.2, -0.15) is 4.98 Å². The van der Waals surface area contributed by atoms with Crippen LogP contribution in [0.5, 0.6) is 0 Å². The van der Waals surface area contributed by atoms with Crippen LogP contribution < -0.4 is 0 Å². The minimum atomic E-state index is 0.712. The number of nitrogens with zero attached hydrogens (tertiary/aromatic N) is 4. The van der Waals surface area contributed by atoms with Gasteiger partial charge in [0.05, 0.1) is 8.66 Å². The molecule has 0 amide bonds. The molecule has 0 aliphatic carbocycles. The molecule has 8 heteroatoms. The highest BCUT2D eigenvalue weighted by molar-refractivity contribution is 9.11. The molecule has 3 aromatic heterocycles. The van der Waals surface area contributed by atoms with Crippen molar-refractivity contribution >= 4 is 38.6 Å². The highest BCUT2D eigenvalue weighted by atomic mass is 79.9. The monoisotopic (exact) mass is 452 g/mol. The minimum absolute atomic E-state index is 0.712. The SMILES string of the molecule is Brc1ccc(CN2CCN(CCCc3nc(-c4cccs4)no3)CC2)s1. The van der Waals surface area contributed by atoms with Crippen LogP contribution in [-0.4, -0.2) is 52.7 Å². The first-order chi connectivity index (χ1) is 12.8. The second kappa shape index (κ2) is 8.75. The third-order valence-corrected chi connectivity index (χ3v) is 7.02. The zero-order valence-electron chi connectivity index (χ0n) is 14.4. The summed E-state index contributed by atoms with van der Waals surface area (Å²) in [6.07, 6.45) is 1.91. The molecule has 0 N–H and O–H groups in total. The number of hydrogen-bond acceptors (Lipinski definition) is 7. The third kappa shape index (κ3) is 4.80. The van der Waals surface area contributed by atoms with Crippen molar-refractivity contribution in [2.75, 3.05) is 32.7 Å². The second-order valence-corrected chi connectivity index (χ2v) is 9.91. The maximum atomic E-state index is 5.38. The van der Waals surface area contributed by atoms with E-state index in [4.69, 9.17) is 4.52 Å². The summed E-state index contributed by atoms with van der Waals surface area (Å²) < 4.78 is 6.60. The lowest BCUT2D eigenvalue weighted by Gasteiger charge is -2.34. The second-order valence-electron chi connectivity index (χ2n) is 6.42. The van der Waals surface area contributed by atoms with Crippen molar-refractivity contribution in [3.05, 3.63) is 44.2 Å². The molecule has 0 atom stereocenters. The average Bonchev–Trinajstić information content (AvgIpc) is 3.38. The molecular weight excluding hydrogens is 432 g/mol. The number of thiophene rings is 2. The molecule has 5 nitrogen and oxygen atoms in total. The molecule has 0 radical (unpaired) electrons. The normalized spacial score (nSPS) is 16.3. The fraction of sp³-hybridized carbons (Fsp3) is 0.444. The summed E-state index contributed by atoms with van der Waals surface area (Å²) in [4.78, 5) is 12.1. The number of hydrogen-bond donors (Lipinski definition) is 0. The zero-order chi connectivity index (χ0) is 17.8. The molecule has 0 bridgehead atoms. The van der Waals surface area contributed by atoms with Crippen molar-refractivity contribution < 1.29 is 4.52 Å². The molecule has 1 aliphatic heterocycles. The van der Waals surface area contributed by atoms with Crippen molar-refractivity contribution in [2.24, 2.45) is 0 Å². The summed E-state index contributed by atoms with van der Waals surface area (Å²) in [5.41, 5.74) is 0. The number of piperazine rings is 1. The highest BCUT2D eigenvalue weighted by Crippen LogP contribution is 2.24. The van der Waals surface area contributed by atoms with Crippen molar-refractivity contribution in [3.8, 4) is 10.7 Å². The van der Waals surface area contributed by atoms with Gasteiger partial charge in [-0.15, -0.1) is 22.7 Å². The van der Waals surface area contributed by atoms with Crippen molar-refractivity contribution in [1.29, 1.82) is 0 Å². The van der Waals surface area contributed by atoms with E-state index in [2.05, 4.69) is 48.0 Å². The Morgan fingerprint density at radius 1 is 1.12 bits per heavy atom. The number of aromatic nitrogens is 2. The molecule has 26 heavy (non-hydrogen) atoms. The average molecular weight is 453 g/mol. The fourth-order valence-corrected chi connectivity index (χ4v) is 5.32. The molecule has 0 saturated carbocycles. The summed E-state index contributed by atoms with van der Waals surface area (Å²) in [6.45, 7) is 6.71. The van der Waals surface area contributed by atoms with Crippen LogP contribution in [0.15, 0.2) is 38.0 Å². The Labute approximate surface area is 169 Å². The summed E-state index contributed by atoms with van der Waals surface area (Å²) in [5.74, 6) is 1.46. The maximum absolute atomic E-state index is 5.38. The van der Waals surface area contributed by atoms with E-state index in [-0.39, 0.29) is 0 Å². The van der Waals surface area contributed by atoms with E-state index in [1.165, 1.54) is 8.66 Å². The lowest BCUT2D eigenvalue weighted by molar-refractivity contribution is 0.126. The molecule has 0 unspecified atom stereocenters. The van der Waals surface area contributed by atoms with Gasteiger partial charge in [0, 0.05) is 44.0 Å². The highest BCUT2D eigenvalue weighted by Gasteiger charge is 2.17. The largest absolute Gasteiger partial charge is 0.339 e. The van der Waals surface area contributed by atoms with Gasteiger partial charge >= 0.3 is 0 Å². The molecule has 0 aromatic carbocycles. The van der Waals surface area contributed by atoms with E-state index in [0.717, 1.165) is 62.9 Å². The molecule has 1 aliphatic rings. The van der Waals surface area contributed by atoms with Gasteiger partial charge in [-0.25, -0.2) is 0 Å². The van der Waals surface area contributed by atoms with Gasteiger partial charge in [0.2, 0.25) is 11.7 Å². The van der Waals surface area contributed by atoms with Gasteiger partial charge in [-0.3, -0.25) is 4.90 Å². The van der Waals surface area contributed by atoms with Gasteiger partial charge in [0.15, 0.2) is 0 Å². The molecule has 4 heterocycles. The van der Waals surface area contributed by atoms with E-state index in [1.807, 2.05) is 28.8 Å². The number of aryl methyl sites for hydroxylation is 1. The van der Waals surface area contributed by atoms with E-state index >= 15 is 0 Å². The lowest BCUT2D eigenvalue weighted by Crippen LogP contribution is -2.46. The van der Waals surface area contributed by atoms with Crippen molar-refractivity contribution in [1.82, 2.24) is 19.9 Å². The Morgan fingerprint density at radius 2 is 1.96 bits per heavy atom. The van der Waals surface area contributed by atoms with Crippen LogP contribution in [0.2, 0.25) is 0 Å². The molecule has 138 valence electrons. The smallest absolute Gasteiger partial charge is 0.227 e. The number of halogens is 1. The van der Waals surface area contributed by atoms with Crippen LogP contribution in [-0.2, 0) is 13.0 Å². The van der Waals surface area contributed by atoms with E-state index in [9.17, 15) is 0 Å². The van der Waals surface area contributed by atoms with Crippen LogP contribution in [0.25, 0.3) is 10.7 Å². The van der Waals surface area contributed by atoms with Crippen LogP contribution in [0.3, 0.4) is 0 Å². The maximum Gasteiger partial charge on any atom is 0.227 e. The van der Waals surface area contributed by atoms with Crippen LogP contribution >= 0.6 is 38.6 Å². The van der Waals surface area contributed by atoms with Gasteiger partial charge in [0.1, 0.15) is 0 Å². The first kappa shape index (κ1) is 18.3. The Balaban J connectivity index is 1.17. The summed E-state index contributed by atoms with van der Waals surface area (Å²) >= 11 is 7.01. The fourth-order valence-electron chi connectivity index (χ4n) is 3.14. The Bertz CT molecular complexity index is 809. The van der Waals surface area contributed by atoms with Crippen LogP contribution in [0.1, 0.15) is 17.2 Å². The van der Waals surface area contributed by atoms with Gasteiger partial charge in [0.25, 0.3) is 0 Å². The summed E-state index contributed by atoms with van der Waals surface area (Å²) in [5, 5.41) is 6.11. The molecule has 1 fully saturated rings. The molecule has 3 aromatic rings. The van der Waals surface area contributed by atoms with Crippen LogP contribution in [0, 0.1) is 0 Å². The first-order valence-corrected chi connectivity index (χ1v) is 11.3. The van der Waals surface area contributed by atoms with Crippen LogP contribution in [0.4, 0.5) is 0 Å². The topological polar surface area (TPSA) is 45.4 Å². The van der Waals surface area contributed by atoms with E-state index in [1.54, 1.807) is 11.3 Å². The van der Waals surface area contributed by atoms with E-state index in [0.29, 0.717) is 5.82 Å². The third-order valence-electron chi connectivity index (χ3n) is 4.55. The Hall–Kier alpha value is -1.06. The minimum Gasteiger partial charge on any atom is -0.339 e.